The summed E-state index contributed by atoms with van der Waals surface area (Å²) in [5, 5.41) is 16.5. The van der Waals surface area contributed by atoms with Crippen LogP contribution in [0.3, 0.4) is 0 Å². The van der Waals surface area contributed by atoms with E-state index in [9.17, 15) is 4.79 Å². The van der Waals surface area contributed by atoms with Crippen LogP contribution in [0.1, 0.15) is 5.56 Å². The minimum Gasteiger partial charge on any atom is -0.339 e. The van der Waals surface area contributed by atoms with Crippen LogP contribution in [-0.4, -0.2) is 16.2 Å². The Balaban J connectivity index is 1.58. The summed E-state index contributed by atoms with van der Waals surface area (Å²) in [6.07, 6.45) is 0. The molecule has 120 valence electrons. The van der Waals surface area contributed by atoms with Gasteiger partial charge in [-0.05, 0) is 43.3 Å². The van der Waals surface area contributed by atoms with Crippen LogP contribution in [0, 0.1) is 6.92 Å². The van der Waals surface area contributed by atoms with Gasteiger partial charge in [0.25, 0.3) is 0 Å². The lowest BCUT2D eigenvalue weighted by Crippen LogP contribution is -2.20. The summed E-state index contributed by atoms with van der Waals surface area (Å²) in [5.74, 6) is 0.978. The fourth-order valence-electron chi connectivity index (χ4n) is 2.05. The first-order chi connectivity index (χ1) is 11.7. The predicted molar refractivity (Wildman–Crippen MR) is 95.6 cm³/mol. The normalized spacial score (nSPS) is 10.0. The average Bonchev–Trinajstić information content (AvgIpc) is 2.59. The van der Waals surface area contributed by atoms with Crippen molar-refractivity contribution >= 4 is 29.0 Å². The largest absolute Gasteiger partial charge is 0.339 e. The van der Waals surface area contributed by atoms with E-state index < -0.39 is 0 Å². The molecule has 0 saturated carbocycles. The molecular weight excluding hydrogens is 302 g/mol. The number of hydrogen-bond donors (Lipinski definition) is 3. The maximum atomic E-state index is 11.9. The van der Waals surface area contributed by atoms with E-state index in [4.69, 9.17) is 0 Å². The van der Waals surface area contributed by atoms with E-state index in [0.29, 0.717) is 17.3 Å². The second-order valence-corrected chi connectivity index (χ2v) is 5.24. The Morgan fingerprint density at radius 3 is 2.08 bits per heavy atom. The molecule has 0 aliphatic heterocycles. The van der Waals surface area contributed by atoms with Crippen molar-refractivity contribution in [3.63, 3.8) is 0 Å². The molecule has 0 radical (unpaired) electrons. The molecule has 2 aromatic carbocycles. The zero-order chi connectivity index (χ0) is 16.8. The van der Waals surface area contributed by atoms with Gasteiger partial charge in [-0.3, -0.25) is 5.32 Å². The van der Waals surface area contributed by atoms with Crippen LogP contribution in [0.15, 0.2) is 66.7 Å². The molecule has 0 bridgehead atoms. The Bertz CT molecular complexity index is 801. The highest BCUT2D eigenvalue weighted by Gasteiger charge is 2.04. The number of carbonyl (C=O) groups excluding carboxylic acids is 1. The second kappa shape index (κ2) is 7.23. The lowest BCUT2D eigenvalue weighted by Gasteiger charge is -2.08. The van der Waals surface area contributed by atoms with Crippen molar-refractivity contribution < 1.29 is 4.79 Å². The maximum absolute atomic E-state index is 11.9. The molecule has 3 rings (SSSR count). The fourth-order valence-corrected chi connectivity index (χ4v) is 2.05. The second-order valence-electron chi connectivity index (χ2n) is 5.24. The number of nitrogens with zero attached hydrogens (tertiary/aromatic N) is 2. The molecule has 0 fully saturated rings. The van der Waals surface area contributed by atoms with Gasteiger partial charge in [-0.2, -0.15) is 0 Å². The molecule has 0 aliphatic rings. The predicted octanol–water partition coefficient (Wildman–Crippen LogP) is 4.17. The molecule has 0 aliphatic carbocycles. The van der Waals surface area contributed by atoms with E-state index in [1.165, 1.54) is 5.56 Å². The van der Waals surface area contributed by atoms with Gasteiger partial charge in [0.2, 0.25) is 0 Å². The van der Waals surface area contributed by atoms with Gasteiger partial charge in [0.1, 0.15) is 0 Å². The van der Waals surface area contributed by atoms with Crippen molar-refractivity contribution in [3.05, 3.63) is 72.3 Å². The number of carbonyl (C=O) groups is 1. The van der Waals surface area contributed by atoms with Crippen molar-refractivity contribution in [2.75, 3.05) is 16.0 Å². The molecule has 1 aromatic heterocycles. The molecule has 3 N–H and O–H groups in total. The molecule has 1 heterocycles. The molecular formula is C18H17N5O. The van der Waals surface area contributed by atoms with Gasteiger partial charge < -0.3 is 10.6 Å². The van der Waals surface area contributed by atoms with Gasteiger partial charge in [0, 0.05) is 11.4 Å². The highest BCUT2D eigenvalue weighted by atomic mass is 16.2. The van der Waals surface area contributed by atoms with E-state index in [2.05, 4.69) is 26.1 Å². The first kappa shape index (κ1) is 15.5. The van der Waals surface area contributed by atoms with E-state index in [-0.39, 0.29) is 6.03 Å². The SMILES string of the molecule is Cc1ccc(Nc2ccc(NC(=O)Nc3ccccc3)nn2)cc1. The Labute approximate surface area is 139 Å². The summed E-state index contributed by atoms with van der Waals surface area (Å²) in [7, 11) is 0. The molecule has 0 atom stereocenters. The zero-order valence-electron chi connectivity index (χ0n) is 13.2. The molecule has 6 nitrogen and oxygen atoms in total. The molecule has 0 saturated heterocycles. The monoisotopic (exact) mass is 319 g/mol. The highest BCUT2D eigenvalue weighted by molar-refractivity contribution is 5.99. The Morgan fingerprint density at radius 2 is 1.42 bits per heavy atom. The van der Waals surface area contributed by atoms with E-state index in [1.807, 2.05) is 49.4 Å². The summed E-state index contributed by atoms with van der Waals surface area (Å²) in [6.45, 7) is 2.03. The van der Waals surface area contributed by atoms with Crippen LogP contribution < -0.4 is 16.0 Å². The zero-order valence-corrected chi connectivity index (χ0v) is 13.2. The van der Waals surface area contributed by atoms with Crippen LogP contribution in [-0.2, 0) is 0 Å². The van der Waals surface area contributed by atoms with Crippen LogP contribution in [0.25, 0.3) is 0 Å². The van der Waals surface area contributed by atoms with Crippen LogP contribution in [0.2, 0.25) is 0 Å². The van der Waals surface area contributed by atoms with Gasteiger partial charge in [-0.1, -0.05) is 35.9 Å². The lowest BCUT2D eigenvalue weighted by atomic mass is 10.2. The van der Waals surface area contributed by atoms with E-state index >= 15 is 0 Å². The van der Waals surface area contributed by atoms with Crippen molar-refractivity contribution in [1.29, 1.82) is 0 Å². The summed E-state index contributed by atoms with van der Waals surface area (Å²) < 4.78 is 0. The highest BCUT2D eigenvalue weighted by Crippen LogP contribution is 2.15. The topological polar surface area (TPSA) is 78.9 Å². The summed E-state index contributed by atoms with van der Waals surface area (Å²) in [5.41, 5.74) is 2.83. The number of aryl methyl sites for hydroxylation is 1. The number of benzene rings is 2. The molecule has 6 heteroatoms. The number of rotatable bonds is 4. The van der Waals surface area contributed by atoms with Crippen molar-refractivity contribution in [2.24, 2.45) is 0 Å². The quantitative estimate of drug-likeness (QED) is 0.674. The van der Waals surface area contributed by atoms with Gasteiger partial charge in [-0.15, -0.1) is 10.2 Å². The Hall–Kier alpha value is -3.41. The lowest BCUT2D eigenvalue weighted by molar-refractivity contribution is 0.262. The minimum absolute atomic E-state index is 0.366. The molecule has 0 unspecified atom stereocenters. The Morgan fingerprint density at radius 1 is 0.750 bits per heavy atom. The number of urea groups is 1. The first-order valence-electron chi connectivity index (χ1n) is 7.49. The summed E-state index contributed by atoms with van der Waals surface area (Å²) in [4.78, 5) is 11.9. The van der Waals surface area contributed by atoms with Crippen molar-refractivity contribution in [1.82, 2.24) is 10.2 Å². The standard InChI is InChI=1S/C18H17N5O/c1-13-7-9-15(10-8-13)19-16-11-12-17(23-22-16)21-18(24)20-14-5-3-2-4-6-14/h2-12H,1H3,(H,19,22)(H2,20,21,23,24). The Kier molecular flexibility index (Phi) is 4.67. The van der Waals surface area contributed by atoms with Gasteiger partial charge in [0.05, 0.1) is 0 Å². The summed E-state index contributed by atoms with van der Waals surface area (Å²) >= 11 is 0. The number of amides is 2. The molecule has 3 aromatic rings. The van der Waals surface area contributed by atoms with Crippen molar-refractivity contribution in [3.8, 4) is 0 Å². The number of aromatic nitrogens is 2. The number of hydrogen-bond acceptors (Lipinski definition) is 4. The van der Waals surface area contributed by atoms with Crippen LogP contribution in [0.4, 0.5) is 27.8 Å². The maximum Gasteiger partial charge on any atom is 0.324 e. The van der Waals surface area contributed by atoms with Crippen LogP contribution in [0.5, 0.6) is 0 Å². The van der Waals surface area contributed by atoms with E-state index in [1.54, 1.807) is 24.3 Å². The fraction of sp³-hybridized carbons (Fsp3) is 0.0556. The average molecular weight is 319 g/mol. The first-order valence-corrected chi connectivity index (χ1v) is 7.49. The number of anilines is 4. The third-order valence-electron chi connectivity index (χ3n) is 3.26. The van der Waals surface area contributed by atoms with E-state index in [0.717, 1.165) is 5.69 Å². The van der Waals surface area contributed by atoms with Gasteiger partial charge >= 0.3 is 6.03 Å². The third kappa shape index (κ3) is 4.30. The number of para-hydroxylation sites is 1. The van der Waals surface area contributed by atoms with Crippen LogP contribution >= 0.6 is 0 Å². The molecule has 24 heavy (non-hydrogen) atoms. The van der Waals surface area contributed by atoms with Gasteiger partial charge in [-0.25, -0.2) is 4.79 Å². The molecule has 2 amide bonds. The van der Waals surface area contributed by atoms with Gasteiger partial charge in [0.15, 0.2) is 11.6 Å². The smallest absolute Gasteiger partial charge is 0.324 e. The molecule has 0 spiro atoms. The third-order valence-corrected chi connectivity index (χ3v) is 3.26. The number of nitrogens with one attached hydrogen (secondary N) is 3. The summed E-state index contributed by atoms with van der Waals surface area (Å²) in [6, 6.07) is 20.2. The minimum atomic E-state index is -0.366. The van der Waals surface area contributed by atoms with Crippen molar-refractivity contribution in [2.45, 2.75) is 6.92 Å².